The Morgan fingerprint density at radius 2 is 1.89 bits per heavy atom. The summed E-state index contributed by atoms with van der Waals surface area (Å²) < 4.78 is 7.13. The molecule has 90 valence electrons. The van der Waals surface area contributed by atoms with Gasteiger partial charge in [-0.3, -0.25) is 4.40 Å². The van der Waals surface area contributed by atoms with Crippen LogP contribution in [0.15, 0.2) is 48.7 Å². The topological polar surface area (TPSA) is 52.5 Å². The number of nitrogen functional groups attached to an aromatic ring is 1. The van der Waals surface area contributed by atoms with E-state index in [1.165, 1.54) is 0 Å². The Morgan fingerprint density at radius 3 is 2.61 bits per heavy atom. The summed E-state index contributed by atoms with van der Waals surface area (Å²) in [5.74, 6) is 1.33. The molecule has 2 heterocycles. The summed E-state index contributed by atoms with van der Waals surface area (Å²) in [6, 6.07) is 13.6. The van der Waals surface area contributed by atoms with E-state index in [2.05, 4.69) is 4.98 Å². The van der Waals surface area contributed by atoms with Crippen molar-refractivity contribution < 1.29 is 4.74 Å². The number of hydrogen-bond acceptors (Lipinski definition) is 3. The van der Waals surface area contributed by atoms with Crippen LogP contribution < -0.4 is 10.5 Å². The van der Waals surface area contributed by atoms with Gasteiger partial charge in [-0.1, -0.05) is 30.3 Å². The van der Waals surface area contributed by atoms with Gasteiger partial charge in [-0.15, -0.1) is 0 Å². The van der Waals surface area contributed by atoms with Gasteiger partial charge < -0.3 is 10.5 Å². The van der Waals surface area contributed by atoms with Crippen LogP contribution in [-0.4, -0.2) is 16.5 Å². The molecule has 0 radical (unpaired) electrons. The quantitative estimate of drug-likeness (QED) is 0.747. The molecule has 18 heavy (non-hydrogen) atoms. The highest BCUT2D eigenvalue weighted by Crippen LogP contribution is 2.29. The van der Waals surface area contributed by atoms with Gasteiger partial charge in [0.1, 0.15) is 11.5 Å². The first-order valence-corrected chi connectivity index (χ1v) is 5.67. The van der Waals surface area contributed by atoms with Crippen LogP contribution in [0.5, 0.6) is 5.75 Å². The molecule has 0 bridgehead atoms. The summed E-state index contributed by atoms with van der Waals surface area (Å²) in [6.45, 7) is 0. The largest absolute Gasteiger partial charge is 0.493 e. The van der Waals surface area contributed by atoms with E-state index in [1.807, 2.05) is 53.1 Å². The number of nitrogens with zero attached hydrogens (tertiary/aromatic N) is 2. The van der Waals surface area contributed by atoms with Crippen LogP contribution in [0.3, 0.4) is 0 Å². The van der Waals surface area contributed by atoms with Crippen molar-refractivity contribution in [3.8, 4) is 17.0 Å². The van der Waals surface area contributed by atoms with Crippen molar-refractivity contribution in [3.63, 3.8) is 0 Å². The molecular weight excluding hydrogens is 226 g/mol. The van der Waals surface area contributed by atoms with Gasteiger partial charge in [-0.05, 0) is 12.1 Å². The zero-order valence-electron chi connectivity index (χ0n) is 10.00. The third kappa shape index (κ3) is 1.50. The maximum atomic E-state index is 6.14. The minimum absolute atomic E-state index is 0.620. The molecule has 0 spiro atoms. The van der Waals surface area contributed by atoms with E-state index in [4.69, 9.17) is 10.5 Å². The molecule has 0 aliphatic rings. The lowest BCUT2D eigenvalue weighted by atomic mass is 10.1. The van der Waals surface area contributed by atoms with Crippen LogP contribution in [0, 0.1) is 0 Å². The molecule has 0 aliphatic heterocycles. The summed E-state index contributed by atoms with van der Waals surface area (Å²) in [6.07, 6.45) is 1.88. The number of anilines is 1. The number of fused-ring (bicyclic) bond motifs is 1. The second kappa shape index (κ2) is 4.07. The molecule has 0 atom stereocenters. The standard InChI is InChI=1S/C14H13N3O/c1-18-11-8-5-9-17-13(15)12(16-14(11)17)10-6-3-2-4-7-10/h2-9H,15H2,1H3. The van der Waals surface area contributed by atoms with Crippen molar-refractivity contribution in [1.29, 1.82) is 0 Å². The fourth-order valence-corrected chi connectivity index (χ4v) is 2.03. The molecule has 1 aromatic carbocycles. The Balaban J connectivity index is 2.29. The van der Waals surface area contributed by atoms with Gasteiger partial charge in [0.15, 0.2) is 11.4 Å². The van der Waals surface area contributed by atoms with E-state index in [-0.39, 0.29) is 0 Å². The van der Waals surface area contributed by atoms with Gasteiger partial charge in [0.2, 0.25) is 0 Å². The first-order valence-electron chi connectivity index (χ1n) is 5.67. The van der Waals surface area contributed by atoms with Crippen LogP contribution in [0.25, 0.3) is 16.9 Å². The SMILES string of the molecule is COc1cccn2c(N)c(-c3ccccc3)nc12. The fourth-order valence-electron chi connectivity index (χ4n) is 2.03. The van der Waals surface area contributed by atoms with Crippen molar-refractivity contribution in [2.45, 2.75) is 0 Å². The zero-order chi connectivity index (χ0) is 12.5. The third-order valence-corrected chi connectivity index (χ3v) is 2.92. The van der Waals surface area contributed by atoms with Crippen LogP contribution >= 0.6 is 0 Å². The van der Waals surface area contributed by atoms with Crippen LogP contribution in [0.1, 0.15) is 0 Å². The Hall–Kier alpha value is -2.49. The molecule has 2 aromatic heterocycles. The van der Waals surface area contributed by atoms with Crippen molar-refractivity contribution in [1.82, 2.24) is 9.38 Å². The van der Waals surface area contributed by atoms with Crippen LogP contribution in [0.2, 0.25) is 0 Å². The lowest BCUT2D eigenvalue weighted by Crippen LogP contribution is -1.94. The first kappa shape index (κ1) is 10.7. The molecule has 4 heteroatoms. The number of pyridine rings is 1. The van der Waals surface area contributed by atoms with Gasteiger partial charge in [0.05, 0.1) is 7.11 Å². The molecule has 0 saturated heterocycles. The smallest absolute Gasteiger partial charge is 0.181 e. The third-order valence-electron chi connectivity index (χ3n) is 2.92. The number of benzene rings is 1. The number of aromatic nitrogens is 2. The number of nitrogens with two attached hydrogens (primary N) is 1. The average molecular weight is 239 g/mol. The highest BCUT2D eigenvalue weighted by Gasteiger charge is 2.13. The predicted molar refractivity (Wildman–Crippen MR) is 71.6 cm³/mol. The number of rotatable bonds is 2. The molecule has 0 amide bonds. The van der Waals surface area contributed by atoms with E-state index in [0.29, 0.717) is 11.6 Å². The molecule has 2 N–H and O–H groups in total. The van der Waals surface area contributed by atoms with Gasteiger partial charge in [-0.25, -0.2) is 4.98 Å². The zero-order valence-corrected chi connectivity index (χ0v) is 10.00. The average Bonchev–Trinajstić information content (AvgIpc) is 2.77. The molecule has 3 aromatic rings. The van der Waals surface area contributed by atoms with Gasteiger partial charge in [0.25, 0.3) is 0 Å². The molecule has 3 rings (SSSR count). The van der Waals surface area contributed by atoms with Crippen molar-refractivity contribution in [3.05, 3.63) is 48.7 Å². The number of imidazole rings is 1. The van der Waals surface area contributed by atoms with Crippen LogP contribution in [-0.2, 0) is 0 Å². The lowest BCUT2D eigenvalue weighted by molar-refractivity contribution is 0.417. The molecular formula is C14H13N3O. The van der Waals surface area contributed by atoms with E-state index < -0.39 is 0 Å². The monoisotopic (exact) mass is 239 g/mol. The van der Waals surface area contributed by atoms with E-state index in [9.17, 15) is 0 Å². The minimum atomic E-state index is 0.620. The predicted octanol–water partition coefficient (Wildman–Crippen LogP) is 2.59. The normalized spacial score (nSPS) is 10.7. The van der Waals surface area contributed by atoms with Gasteiger partial charge in [0, 0.05) is 11.8 Å². The summed E-state index contributed by atoms with van der Waals surface area (Å²) in [4.78, 5) is 4.57. The van der Waals surface area contributed by atoms with Crippen molar-refractivity contribution in [2.24, 2.45) is 0 Å². The Kier molecular flexibility index (Phi) is 2.41. The molecule has 0 aliphatic carbocycles. The second-order valence-corrected chi connectivity index (χ2v) is 3.98. The summed E-state index contributed by atoms with van der Waals surface area (Å²) >= 11 is 0. The summed E-state index contributed by atoms with van der Waals surface area (Å²) in [5, 5.41) is 0. The number of hydrogen-bond donors (Lipinski definition) is 1. The Morgan fingerprint density at radius 1 is 1.11 bits per heavy atom. The van der Waals surface area contributed by atoms with Crippen molar-refractivity contribution in [2.75, 3.05) is 12.8 Å². The van der Waals surface area contributed by atoms with E-state index in [1.54, 1.807) is 7.11 Å². The maximum absolute atomic E-state index is 6.14. The Labute approximate surface area is 105 Å². The molecule has 0 unspecified atom stereocenters. The minimum Gasteiger partial charge on any atom is -0.493 e. The second-order valence-electron chi connectivity index (χ2n) is 3.98. The maximum Gasteiger partial charge on any atom is 0.181 e. The summed E-state index contributed by atoms with van der Waals surface area (Å²) in [7, 11) is 1.63. The molecule has 0 saturated carbocycles. The summed E-state index contributed by atoms with van der Waals surface area (Å²) in [5.41, 5.74) is 8.65. The van der Waals surface area contributed by atoms with Crippen molar-refractivity contribution >= 4 is 11.5 Å². The Bertz CT molecular complexity index is 689. The van der Waals surface area contributed by atoms with E-state index in [0.717, 1.165) is 16.9 Å². The lowest BCUT2D eigenvalue weighted by Gasteiger charge is -2.01. The molecule has 0 fully saturated rings. The molecule has 4 nitrogen and oxygen atoms in total. The van der Waals surface area contributed by atoms with Crippen LogP contribution in [0.4, 0.5) is 5.82 Å². The van der Waals surface area contributed by atoms with E-state index >= 15 is 0 Å². The van der Waals surface area contributed by atoms with Gasteiger partial charge in [-0.2, -0.15) is 0 Å². The number of methoxy groups -OCH3 is 1. The highest BCUT2D eigenvalue weighted by molar-refractivity contribution is 5.76. The number of ether oxygens (including phenoxy) is 1. The first-order chi connectivity index (χ1) is 8.81. The highest BCUT2D eigenvalue weighted by atomic mass is 16.5. The van der Waals surface area contributed by atoms with Gasteiger partial charge >= 0.3 is 0 Å². The fraction of sp³-hybridized carbons (Fsp3) is 0.0714.